The van der Waals surface area contributed by atoms with E-state index >= 15 is 0 Å². The second kappa shape index (κ2) is 7.79. The van der Waals surface area contributed by atoms with Crippen LogP contribution in [0.2, 0.25) is 0 Å². The van der Waals surface area contributed by atoms with Crippen LogP contribution < -0.4 is 5.73 Å². The zero-order chi connectivity index (χ0) is 23.2. The molecule has 0 spiro atoms. The van der Waals surface area contributed by atoms with Crippen LogP contribution in [0.5, 0.6) is 0 Å². The minimum atomic E-state index is -1.45. The smallest absolute Gasteiger partial charge is 0.220 e. The Hall–Kier alpha value is -4.11. The van der Waals surface area contributed by atoms with Crippen molar-refractivity contribution in [3.05, 3.63) is 78.3 Å². The number of aliphatic hydroxyl groups is 1. The van der Waals surface area contributed by atoms with E-state index in [1.807, 2.05) is 26.2 Å². The fraction of sp³-hybridized carbons (Fsp3) is 0.167. The van der Waals surface area contributed by atoms with Crippen molar-refractivity contribution in [1.29, 1.82) is 0 Å². The quantitative estimate of drug-likeness (QED) is 0.380. The van der Waals surface area contributed by atoms with Crippen LogP contribution in [0, 0.1) is 5.82 Å². The molecule has 0 aliphatic carbocycles. The van der Waals surface area contributed by atoms with Crippen LogP contribution in [0.1, 0.15) is 24.6 Å². The van der Waals surface area contributed by atoms with Gasteiger partial charge in [-0.05, 0) is 36.2 Å². The average Bonchev–Trinajstić information content (AvgIpc) is 3.44. The highest BCUT2D eigenvalue weighted by atomic mass is 19.1. The van der Waals surface area contributed by atoms with E-state index in [2.05, 4.69) is 25.0 Å². The number of pyridine rings is 1. The van der Waals surface area contributed by atoms with E-state index in [1.165, 1.54) is 12.1 Å². The van der Waals surface area contributed by atoms with Crippen LogP contribution in [0.15, 0.2) is 61.2 Å². The maximum Gasteiger partial charge on any atom is 0.220 e. The Morgan fingerprint density at radius 3 is 2.61 bits per heavy atom. The molecule has 0 saturated carbocycles. The van der Waals surface area contributed by atoms with Crippen molar-refractivity contribution in [2.24, 2.45) is 7.05 Å². The lowest BCUT2D eigenvalue weighted by Crippen LogP contribution is -2.28. The van der Waals surface area contributed by atoms with Crippen LogP contribution in [0.3, 0.4) is 0 Å². The summed E-state index contributed by atoms with van der Waals surface area (Å²) in [5.74, 6) is -0.349. The Morgan fingerprint density at radius 1 is 1.12 bits per heavy atom. The third-order valence-corrected chi connectivity index (χ3v) is 5.85. The fourth-order valence-corrected chi connectivity index (χ4v) is 4.02. The van der Waals surface area contributed by atoms with E-state index in [4.69, 9.17) is 5.73 Å². The van der Waals surface area contributed by atoms with Crippen LogP contribution in [-0.2, 0) is 12.6 Å². The Labute approximate surface area is 189 Å². The molecule has 0 unspecified atom stereocenters. The van der Waals surface area contributed by atoms with E-state index in [0.717, 1.165) is 22.1 Å². The maximum atomic E-state index is 13.5. The van der Waals surface area contributed by atoms with Gasteiger partial charge in [0.05, 0.1) is 17.6 Å². The highest BCUT2D eigenvalue weighted by Crippen LogP contribution is 2.36. The lowest BCUT2D eigenvalue weighted by atomic mass is 9.87. The van der Waals surface area contributed by atoms with E-state index in [9.17, 15) is 9.50 Å². The second-order valence-electron chi connectivity index (χ2n) is 7.94. The molecule has 33 heavy (non-hydrogen) atoms. The minimum absolute atomic E-state index is 0.0298. The molecule has 166 valence electrons. The summed E-state index contributed by atoms with van der Waals surface area (Å²) >= 11 is 0. The van der Waals surface area contributed by atoms with Crippen LogP contribution in [0.4, 0.5) is 10.3 Å². The Morgan fingerprint density at radius 2 is 1.91 bits per heavy atom. The molecule has 0 bridgehead atoms. The second-order valence-corrected chi connectivity index (χ2v) is 7.94. The summed E-state index contributed by atoms with van der Waals surface area (Å²) in [7, 11) is 1.86. The largest absolute Gasteiger partial charge is 0.379 e. The normalized spacial score (nSPS) is 13.3. The summed E-state index contributed by atoms with van der Waals surface area (Å²) in [4.78, 5) is 16.4. The molecule has 5 aromatic rings. The third-order valence-electron chi connectivity index (χ3n) is 5.85. The molecule has 1 aromatic carbocycles. The first-order valence-corrected chi connectivity index (χ1v) is 10.5. The van der Waals surface area contributed by atoms with Gasteiger partial charge in [-0.15, -0.1) is 0 Å². The van der Waals surface area contributed by atoms with Crippen molar-refractivity contribution in [3.63, 3.8) is 0 Å². The number of nitrogens with two attached hydrogens (primary N) is 1. The van der Waals surface area contributed by atoms with Gasteiger partial charge in [0.2, 0.25) is 5.95 Å². The molecule has 0 fully saturated rings. The predicted octanol–water partition coefficient (Wildman–Crippen LogP) is 3.79. The van der Waals surface area contributed by atoms with Gasteiger partial charge in [0.25, 0.3) is 0 Å². The maximum absolute atomic E-state index is 13.5. The number of aromatic amines is 1. The summed E-state index contributed by atoms with van der Waals surface area (Å²) in [5.41, 5.74) is 9.33. The molecule has 4 heterocycles. The number of aromatic nitrogens is 6. The standard InChI is InChI=1S/C24H22FN7O/c1-3-24(33,16-4-6-17(25)7-5-16)21-9-20(30-23(26)31-21)19-12-28-22-18(19)8-14(10-27-22)15-11-29-32(2)13-15/h4-13,33H,3H2,1-2H3,(H,27,28)(H2,26,30,31)/t24-/m1/s1. The number of hydrogen-bond donors (Lipinski definition) is 3. The average molecular weight is 443 g/mol. The number of hydrogen-bond acceptors (Lipinski definition) is 6. The van der Waals surface area contributed by atoms with Crippen molar-refractivity contribution >= 4 is 17.0 Å². The first-order valence-electron chi connectivity index (χ1n) is 10.5. The van der Waals surface area contributed by atoms with Gasteiger partial charge in [-0.3, -0.25) is 4.68 Å². The number of fused-ring (bicyclic) bond motifs is 1. The van der Waals surface area contributed by atoms with Gasteiger partial charge < -0.3 is 15.8 Å². The number of nitrogens with zero attached hydrogens (tertiary/aromatic N) is 5. The molecule has 0 saturated heterocycles. The summed E-state index contributed by atoms with van der Waals surface area (Å²) in [6.45, 7) is 1.83. The number of nitrogen functional groups attached to an aromatic ring is 1. The molecule has 8 nitrogen and oxygen atoms in total. The number of halogens is 1. The van der Waals surface area contributed by atoms with E-state index < -0.39 is 5.60 Å². The number of H-pyrrole nitrogens is 1. The van der Waals surface area contributed by atoms with Crippen molar-refractivity contribution in [2.45, 2.75) is 18.9 Å². The van der Waals surface area contributed by atoms with Gasteiger partial charge in [0, 0.05) is 47.7 Å². The van der Waals surface area contributed by atoms with Crippen LogP contribution in [0.25, 0.3) is 33.4 Å². The van der Waals surface area contributed by atoms with E-state index in [1.54, 1.807) is 41.5 Å². The first kappa shape index (κ1) is 20.8. The third kappa shape index (κ3) is 3.62. The van der Waals surface area contributed by atoms with Gasteiger partial charge in [-0.2, -0.15) is 5.10 Å². The highest BCUT2D eigenvalue weighted by Gasteiger charge is 2.32. The number of rotatable bonds is 5. The molecular weight excluding hydrogens is 421 g/mol. The lowest BCUT2D eigenvalue weighted by Gasteiger charge is -2.27. The molecular formula is C24H22FN7O. The van der Waals surface area contributed by atoms with Crippen LogP contribution >= 0.6 is 0 Å². The number of aryl methyl sites for hydroxylation is 1. The van der Waals surface area contributed by atoms with Crippen molar-refractivity contribution in [2.75, 3.05) is 5.73 Å². The SMILES string of the molecule is CC[C@@](O)(c1ccc(F)cc1)c1cc(-c2c[nH]c3ncc(-c4cnn(C)c4)cc23)nc(N)n1. The van der Waals surface area contributed by atoms with E-state index in [0.29, 0.717) is 29.0 Å². The summed E-state index contributed by atoms with van der Waals surface area (Å²) < 4.78 is 15.2. The van der Waals surface area contributed by atoms with Crippen molar-refractivity contribution in [3.8, 4) is 22.4 Å². The number of nitrogens with one attached hydrogen (secondary N) is 1. The van der Waals surface area contributed by atoms with Gasteiger partial charge in [-0.25, -0.2) is 19.3 Å². The van der Waals surface area contributed by atoms with Gasteiger partial charge in [-0.1, -0.05) is 19.1 Å². The molecule has 4 aromatic heterocycles. The minimum Gasteiger partial charge on any atom is -0.379 e. The van der Waals surface area contributed by atoms with Gasteiger partial charge in [0.15, 0.2) is 0 Å². The highest BCUT2D eigenvalue weighted by molar-refractivity contribution is 5.95. The van der Waals surface area contributed by atoms with Gasteiger partial charge in [0.1, 0.15) is 17.1 Å². The molecule has 0 amide bonds. The topological polar surface area (TPSA) is 119 Å². The van der Waals surface area contributed by atoms with Crippen molar-refractivity contribution in [1.82, 2.24) is 29.7 Å². The zero-order valence-corrected chi connectivity index (χ0v) is 18.1. The first-order chi connectivity index (χ1) is 15.9. The Balaban J connectivity index is 1.64. The zero-order valence-electron chi connectivity index (χ0n) is 18.1. The fourth-order valence-electron chi connectivity index (χ4n) is 4.02. The predicted molar refractivity (Wildman–Crippen MR) is 123 cm³/mol. The van der Waals surface area contributed by atoms with Crippen molar-refractivity contribution < 1.29 is 9.50 Å². The van der Waals surface area contributed by atoms with Crippen LogP contribution in [-0.4, -0.2) is 34.8 Å². The number of anilines is 1. The Bertz CT molecular complexity index is 1460. The molecule has 9 heteroatoms. The molecule has 0 radical (unpaired) electrons. The summed E-state index contributed by atoms with van der Waals surface area (Å²) in [6.07, 6.45) is 7.60. The Kier molecular flexibility index (Phi) is 4.90. The molecule has 5 rings (SSSR count). The molecule has 1 atom stereocenters. The lowest BCUT2D eigenvalue weighted by molar-refractivity contribution is 0.0719. The summed E-state index contributed by atoms with van der Waals surface area (Å²) in [5, 5.41) is 16.6. The van der Waals surface area contributed by atoms with Gasteiger partial charge >= 0.3 is 0 Å². The molecule has 4 N–H and O–H groups in total. The molecule has 0 aliphatic rings. The number of benzene rings is 1. The molecule has 0 aliphatic heterocycles. The summed E-state index contributed by atoms with van der Waals surface area (Å²) in [6, 6.07) is 9.44. The van der Waals surface area contributed by atoms with E-state index in [-0.39, 0.29) is 11.8 Å². The monoisotopic (exact) mass is 443 g/mol.